The molecular weight excluding hydrogens is 393 g/mol. The Bertz CT molecular complexity index is 655. The van der Waals surface area contributed by atoms with Gasteiger partial charge in [-0.05, 0) is 87.8 Å². The molecule has 4 bridgehead atoms. The van der Waals surface area contributed by atoms with E-state index in [9.17, 15) is 4.79 Å². The van der Waals surface area contributed by atoms with Crippen molar-refractivity contribution in [3.8, 4) is 0 Å². The second kappa shape index (κ2) is 8.81. The molecule has 1 aromatic rings. The van der Waals surface area contributed by atoms with Crippen LogP contribution in [0, 0.1) is 17.8 Å². The highest BCUT2D eigenvalue weighted by atomic mass is 35.5. The zero-order chi connectivity index (χ0) is 17.6. The fourth-order valence-electron chi connectivity index (χ4n) is 6.61. The van der Waals surface area contributed by atoms with Crippen LogP contribution < -0.4 is 16.0 Å². The molecule has 1 aromatic carbocycles. The van der Waals surface area contributed by atoms with E-state index in [1.807, 2.05) is 12.1 Å². The summed E-state index contributed by atoms with van der Waals surface area (Å²) in [6.07, 6.45) is 11.2. The van der Waals surface area contributed by atoms with Gasteiger partial charge in [-0.15, -0.1) is 24.8 Å². The maximum absolute atomic E-state index is 12.5. The summed E-state index contributed by atoms with van der Waals surface area (Å²) in [6, 6.07) is 8.63. The van der Waals surface area contributed by atoms with Gasteiger partial charge in [-0.2, -0.15) is 0 Å². The monoisotopic (exact) mass is 425 g/mol. The van der Waals surface area contributed by atoms with Crippen LogP contribution in [0.1, 0.15) is 57.8 Å². The van der Waals surface area contributed by atoms with Crippen molar-refractivity contribution >= 4 is 42.1 Å². The van der Waals surface area contributed by atoms with Gasteiger partial charge < -0.3 is 16.0 Å². The molecule has 1 saturated heterocycles. The number of benzene rings is 1. The van der Waals surface area contributed by atoms with Gasteiger partial charge in [0.2, 0.25) is 5.91 Å². The molecule has 6 rings (SSSR count). The highest BCUT2D eigenvalue weighted by molar-refractivity contribution is 5.94. The fraction of sp³-hybridized carbons (Fsp3) is 0.682. The van der Waals surface area contributed by atoms with E-state index in [2.05, 4.69) is 28.1 Å². The minimum absolute atomic E-state index is 0. The standard InChI is InChI=1S/C22H31N3O.2ClH/c26-21(11-18-4-3-7-23-18)24-19-5-1-2-6-20(19)25-22-12-15-8-16(13-22)10-17(9-15)14-22;;/h1-2,5-6,15-18,23,25H,3-4,7-14H2,(H,24,26);2*1H. The van der Waals surface area contributed by atoms with E-state index < -0.39 is 0 Å². The first-order valence-corrected chi connectivity index (χ1v) is 10.6. The summed E-state index contributed by atoms with van der Waals surface area (Å²) < 4.78 is 0. The zero-order valence-electron chi connectivity index (χ0n) is 16.4. The van der Waals surface area contributed by atoms with Gasteiger partial charge in [0.25, 0.3) is 0 Å². The van der Waals surface area contributed by atoms with Gasteiger partial charge in [0.1, 0.15) is 0 Å². The van der Waals surface area contributed by atoms with E-state index in [1.54, 1.807) is 0 Å². The summed E-state index contributed by atoms with van der Waals surface area (Å²) in [5.74, 6) is 2.89. The van der Waals surface area contributed by atoms with Crippen molar-refractivity contribution in [2.45, 2.75) is 69.4 Å². The molecule has 1 heterocycles. The first-order valence-electron chi connectivity index (χ1n) is 10.6. The van der Waals surface area contributed by atoms with Gasteiger partial charge in [-0.1, -0.05) is 12.1 Å². The Kier molecular flexibility index (Phi) is 6.84. The molecule has 1 aliphatic heterocycles. The van der Waals surface area contributed by atoms with Crippen molar-refractivity contribution in [1.82, 2.24) is 5.32 Å². The van der Waals surface area contributed by atoms with Crippen LogP contribution >= 0.6 is 24.8 Å². The molecule has 1 amide bonds. The first-order chi connectivity index (χ1) is 12.7. The fourth-order valence-corrected chi connectivity index (χ4v) is 6.61. The van der Waals surface area contributed by atoms with Crippen molar-refractivity contribution in [1.29, 1.82) is 0 Å². The number of rotatable bonds is 5. The molecule has 28 heavy (non-hydrogen) atoms. The molecule has 0 spiro atoms. The van der Waals surface area contributed by atoms with Gasteiger partial charge in [-0.3, -0.25) is 4.79 Å². The lowest BCUT2D eigenvalue weighted by Crippen LogP contribution is -2.54. The maximum Gasteiger partial charge on any atom is 0.225 e. The molecule has 0 aromatic heterocycles. The second-order valence-electron chi connectivity index (χ2n) is 9.41. The Morgan fingerprint density at radius 3 is 2.18 bits per heavy atom. The topological polar surface area (TPSA) is 53.2 Å². The number of carbonyl (C=O) groups excluding carboxylic acids is 1. The molecule has 4 saturated carbocycles. The molecule has 1 atom stereocenters. The Hall–Kier alpha value is -0.970. The van der Waals surface area contributed by atoms with E-state index in [1.165, 1.54) is 44.9 Å². The van der Waals surface area contributed by atoms with Crippen LogP contribution in [-0.2, 0) is 4.79 Å². The SMILES string of the molecule is Cl.Cl.O=C(CC1CCCN1)Nc1ccccc1NC12CC3CC(CC(C3)C1)C2. The normalized spacial score (nSPS) is 35.0. The number of carbonyl (C=O) groups is 1. The van der Waals surface area contributed by atoms with Crippen molar-refractivity contribution < 1.29 is 4.79 Å². The minimum atomic E-state index is 0. The molecule has 4 aliphatic carbocycles. The van der Waals surface area contributed by atoms with Crippen molar-refractivity contribution in [2.24, 2.45) is 17.8 Å². The largest absolute Gasteiger partial charge is 0.378 e. The lowest BCUT2D eigenvalue weighted by atomic mass is 9.53. The summed E-state index contributed by atoms with van der Waals surface area (Å²) in [5, 5.41) is 10.5. The predicted octanol–water partition coefficient (Wildman–Crippen LogP) is 4.99. The number of amides is 1. The van der Waals surface area contributed by atoms with E-state index >= 15 is 0 Å². The van der Waals surface area contributed by atoms with Crippen LogP contribution in [0.4, 0.5) is 11.4 Å². The van der Waals surface area contributed by atoms with Crippen LogP contribution in [0.25, 0.3) is 0 Å². The van der Waals surface area contributed by atoms with Gasteiger partial charge >= 0.3 is 0 Å². The molecule has 4 nitrogen and oxygen atoms in total. The Morgan fingerprint density at radius 1 is 1.00 bits per heavy atom. The minimum Gasteiger partial charge on any atom is -0.378 e. The quantitative estimate of drug-likeness (QED) is 0.622. The molecular formula is C22H33Cl2N3O. The van der Waals surface area contributed by atoms with E-state index in [4.69, 9.17) is 0 Å². The van der Waals surface area contributed by atoms with Crippen LogP contribution in [0.2, 0.25) is 0 Å². The second-order valence-corrected chi connectivity index (χ2v) is 9.41. The lowest BCUT2D eigenvalue weighted by molar-refractivity contribution is -0.116. The van der Waals surface area contributed by atoms with Gasteiger partial charge in [0.05, 0.1) is 11.4 Å². The van der Waals surface area contributed by atoms with Crippen LogP contribution in [0.3, 0.4) is 0 Å². The predicted molar refractivity (Wildman–Crippen MR) is 120 cm³/mol. The van der Waals surface area contributed by atoms with Crippen molar-refractivity contribution in [3.05, 3.63) is 24.3 Å². The van der Waals surface area contributed by atoms with Gasteiger partial charge in [-0.25, -0.2) is 0 Å². The molecule has 1 unspecified atom stereocenters. The van der Waals surface area contributed by atoms with Crippen LogP contribution in [0.5, 0.6) is 0 Å². The number of halogens is 2. The van der Waals surface area contributed by atoms with Gasteiger partial charge in [0, 0.05) is 18.0 Å². The van der Waals surface area contributed by atoms with Crippen LogP contribution in [0.15, 0.2) is 24.3 Å². The molecule has 5 aliphatic rings. The number of hydrogen-bond donors (Lipinski definition) is 3. The first kappa shape index (κ1) is 21.7. The van der Waals surface area contributed by atoms with Crippen molar-refractivity contribution in [3.63, 3.8) is 0 Å². The molecule has 156 valence electrons. The zero-order valence-corrected chi connectivity index (χ0v) is 18.0. The number of hydrogen-bond acceptors (Lipinski definition) is 3. The van der Waals surface area contributed by atoms with Gasteiger partial charge in [0.15, 0.2) is 0 Å². The number of nitrogens with one attached hydrogen (secondary N) is 3. The summed E-state index contributed by atoms with van der Waals surface area (Å²) in [6.45, 7) is 1.04. The molecule has 6 heteroatoms. The highest BCUT2D eigenvalue weighted by Gasteiger charge is 2.51. The summed E-state index contributed by atoms with van der Waals surface area (Å²) in [7, 11) is 0. The maximum atomic E-state index is 12.5. The summed E-state index contributed by atoms with van der Waals surface area (Å²) in [4.78, 5) is 12.5. The number of anilines is 2. The molecule has 0 radical (unpaired) electrons. The molecule has 5 fully saturated rings. The Labute approximate surface area is 180 Å². The average Bonchev–Trinajstić information content (AvgIpc) is 3.08. The third-order valence-electron chi connectivity index (χ3n) is 7.23. The molecule has 3 N–H and O–H groups in total. The third-order valence-corrected chi connectivity index (χ3v) is 7.23. The summed E-state index contributed by atoms with van der Waals surface area (Å²) in [5.41, 5.74) is 2.33. The Morgan fingerprint density at radius 2 is 1.61 bits per heavy atom. The highest BCUT2D eigenvalue weighted by Crippen LogP contribution is 2.56. The smallest absolute Gasteiger partial charge is 0.225 e. The lowest BCUT2D eigenvalue weighted by Gasteiger charge is -2.57. The van der Waals surface area contributed by atoms with Crippen molar-refractivity contribution in [2.75, 3.05) is 17.2 Å². The average molecular weight is 426 g/mol. The van der Waals surface area contributed by atoms with E-state index in [0.29, 0.717) is 12.5 Å². The van der Waals surface area contributed by atoms with E-state index in [0.717, 1.165) is 42.1 Å². The number of para-hydroxylation sites is 2. The van der Waals surface area contributed by atoms with Crippen LogP contribution in [-0.4, -0.2) is 24.0 Å². The van der Waals surface area contributed by atoms with E-state index in [-0.39, 0.29) is 36.3 Å². The Balaban J connectivity index is 0.00000112. The third kappa shape index (κ3) is 4.44. The summed E-state index contributed by atoms with van der Waals surface area (Å²) >= 11 is 0.